The molecule has 0 saturated heterocycles. The summed E-state index contributed by atoms with van der Waals surface area (Å²) in [7, 11) is 1.70. The third-order valence-corrected chi connectivity index (χ3v) is 5.41. The molecule has 0 spiro atoms. The second-order valence-electron chi connectivity index (χ2n) is 8.09. The van der Waals surface area contributed by atoms with E-state index in [4.69, 9.17) is 14.5 Å². The van der Waals surface area contributed by atoms with E-state index >= 15 is 0 Å². The van der Waals surface area contributed by atoms with Crippen LogP contribution in [-0.2, 0) is 13.0 Å². The summed E-state index contributed by atoms with van der Waals surface area (Å²) >= 11 is 0. The van der Waals surface area contributed by atoms with Crippen molar-refractivity contribution >= 4 is 11.0 Å². The number of aromatic nitrogens is 2. The fraction of sp³-hybridized carbons (Fsp3) is 0.480. The van der Waals surface area contributed by atoms with Crippen molar-refractivity contribution in [3.63, 3.8) is 0 Å². The standard InChI is InChI=1S/C25H35N3O2/c1-6-27(7-2)13-14-30-22-11-12-24-23(17-22)26-25(28(24)18-19(3)4)16-20-9-8-10-21(15-20)29-5/h8-12,15,17,19H,6-7,13-14,16,18H2,1-5H3. The zero-order valence-corrected chi connectivity index (χ0v) is 19.0. The number of hydrogen-bond acceptors (Lipinski definition) is 4. The van der Waals surface area contributed by atoms with Crippen LogP contribution in [-0.4, -0.2) is 47.8 Å². The predicted octanol–water partition coefficient (Wildman–Crippen LogP) is 5.01. The summed E-state index contributed by atoms with van der Waals surface area (Å²) in [5.74, 6) is 3.38. The fourth-order valence-corrected chi connectivity index (χ4v) is 3.75. The second-order valence-corrected chi connectivity index (χ2v) is 8.09. The third-order valence-electron chi connectivity index (χ3n) is 5.41. The van der Waals surface area contributed by atoms with Gasteiger partial charge in [0.05, 0.1) is 18.1 Å². The molecule has 0 bridgehead atoms. The van der Waals surface area contributed by atoms with E-state index in [1.54, 1.807) is 7.11 Å². The summed E-state index contributed by atoms with van der Waals surface area (Å²) in [6.07, 6.45) is 0.775. The molecule has 5 heteroatoms. The van der Waals surface area contributed by atoms with Crippen molar-refractivity contribution in [3.8, 4) is 11.5 Å². The van der Waals surface area contributed by atoms with Crippen molar-refractivity contribution in [1.82, 2.24) is 14.5 Å². The second kappa shape index (κ2) is 10.5. The SMILES string of the molecule is CCN(CC)CCOc1ccc2c(c1)nc(Cc1cccc(OC)c1)n2CC(C)C. The van der Waals surface area contributed by atoms with Gasteiger partial charge in [-0.15, -0.1) is 0 Å². The Morgan fingerprint density at radius 2 is 1.83 bits per heavy atom. The molecular weight excluding hydrogens is 374 g/mol. The minimum Gasteiger partial charge on any atom is -0.497 e. The minimum atomic E-state index is 0.538. The van der Waals surface area contributed by atoms with Crippen molar-refractivity contribution in [2.45, 2.75) is 40.7 Å². The van der Waals surface area contributed by atoms with Crippen molar-refractivity contribution in [2.75, 3.05) is 33.4 Å². The van der Waals surface area contributed by atoms with E-state index in [1.807, 2.05) is 12.1 Å². The average Bonchev–Trinajstić information content (AvgIpc) is 3.07. The van der Waals surface area contributed by atoms with Crippen LogP contribution in [0.4, 0.5) is 0 Å². The Hall–Kier alpha value is -2.53. The normalized spacial score (nSPS) is 11.6. The first-order valence-corrected chi connectivity index (χ1v) is 11.0. The number of rotatable bonds is 11. The topological polar surface area (TPSA) is 39.5 Å². The van der Waals surface area contributed by atoms with Crippen LogP contribution in [0.2, 0.25) is 0 Å². The summed E-state index contributed by atoms with van der Waals surface area (Å²) in [6, 6.07) is 14.5. The first kappa shape index (κ1) is 22.2. The smallest absolute Gasteiger partial charge is 0.121 e. The summed E-state index contributed by atoms with van der Waals surface area (Å²) < 4.78 is 13.8. The molecular formula is C25H35N3O2. The minimum absolute atomic E-state index is 0.538. The number of hydrogen-bond donors (Lipinski definition) is 0. The maximum Gasteiger partial charge on any atom is 0.121 e. The Balaban J connectivity index is 1.84. The number of benzene rings is 2. The molecule has 3 rings (SSSR count). The summed E-state index contributed by atoms with van der Waals surface area (Å²) in [5.41, 5.74) is 3.36. The van der Waals surface area contributed by atoms with Crippen LogP contribution in [0.5, 0.6) is 11.5 Å². The molecule has 0 aliphatic rings. The highest BCUT2D eigenvalue weighted by Gasteiger charge is 2.14. The van der Waals surface area contributed by atoms with Gasteiger partial charge in [0, 0.05) is 25.6 Å². The molecule has 0 saturated carbocycles. The number of imidazole rings is 1. The van der Waals surface area contributed by atoms with Crippen LogP contribution in [0.25, 0.3) is 11.0 Å². The Bertz CT molecular complexity index is 945. The quantitative estimate of drug-likeness (QED) is 0.446. The van der Waals surface area contributed by atoms with Crippen LogP contribution in [0.1, 0.15) is 39.1 Å². The van der Waals surface area contributed by atoms with Crippen LogP contribution in [0.15, 0.2) is 42.5 Å². The Morgan fingerprint density at radius 3 is 2.53 bits per heavy atom. The molecule has 0 N–H and O–H groups in total. The molecule has 0 radical (unpaired) electrons. The Kier molecular flexibility index (Phi) is 7.75. The monoisotopic (exact) mass is 409 g/mol. The molecule has 0 aliphatic heterocycles. The number of fused-ring (bicyclic) bond motifs is 1. The van der Waals surface area contributed by atoms with E-state index in [0.717, 1.165) is 61.0 Å². The van der Waals surface area contributed by atoms with Gasteiger partial charge in [0.15, 0.2) is 0 Å². The molecule has 0 fully saturated rings. The summed E-state index contributed by atoms with van der Waals surface area (Å²) in [6.45, 7) is 13.5. The van der Waals surface area contributed by atoms with Gasteiger partial charge in [-0.1, -0.05) is 39.8 Å². The highest BCUT2D eigenvalue weighted by molar-refractivity contribution is 5.78. The van der Waals surface area contributed by atoms with E-state index < -0.39 is 0 Å². The van der Waals surface area contributed by atoms with E-state index in [9.17, 15) is 0 Å². The Labute approximate surface area is 180 Å². The van der Waals surface area contributed by atoms with Gasteiger partial charge in [0.1, 0.15) is 23.9 Å². The van der Waals surface area contributed by atoms with Crippen molar-refractivity contribution < 1.29 is 9.47 Å². The first-order valence-electron chi connectivity index (χ1n) is 11.0. The van der Waals surface area contributed by atoms with Crippen molar-refractivity contribution in [1.29, 1.82) is 0 Å². The van der Waals surface area contributed by atoms with Gasteiger partial charge in [0.25, 0.3) is 0 Å². The van der Waals surface area contributed by atoms with Crippen LogP contribution < -0.4 is 9.47 Å². The number of nitrogens with zero attached hydrogens (tertiary/aromatic N) is 3. The van der Waals surface area contributed by atoms with Crippen LogP contribution >= 0.6 is 0 Å². The van der Waals surface area contributed by atoms with Gasteiger partial charge in [0.2, 0.25) is 0 Å². The fourth-order valence-electron chi connectivity index (χ4n) is 3.75. The highest BCUT2D eigenvalue weighted by atomic mass is 16.5. The molecule has 2 aromatic carbocycles. The number of ether oxygens (including phenoxy) is 2. The van der Waals surface area contributed by atoms with Gasteiger partial charge in [-0.05, 0) is 48.8 Å². The van der Waals surface area contributed by atoms with Crippen LogP contribution in [0, 0.1) is 5.92 Å². The molecule has 0 aliphatic carbocycles. The molecule has 0 unspecified atom stereocenters. The molecule has 5 nitrogen and oxygen atoms in total. The summed E-state index contributed by atoms with van der Waals surface area (Å²) in [4.78, 5) is 7.35. The van der Waals surface area contributed by atoms with Gasteiger partial charge >= 0.3 is 0 Å². The molecule has 0 amide bonds. The molecule has 1 aromatic heterocycles. The molecule has 0 atom stereocenters. The van der Waals surface area contributed by atoms with E-state index in [1.165, 1.54) is 5.56 Å². The maximum atomic E-state index is 6.02. The van der Waals surface area contributed by atoms with Gasteiger partial charge in [-0.3, -0.25) is 0 Å². The lowest BCUT2D eigenvalue weighted by atomic mass is 10.1. The summed E-state index contributed by atoms with van der Waals surface area (Å²) in [5, 5.41) is 0. The van der Waals surface area contributed by atoms with E-state index in [2.05, 4.69) is 67.5 Å². The lowest BCUT2D eigenvalue weighted by Gasteiger charge is -2.18. The first-order chi connectivity index (χ1) is 14.5. The lowest BCUT2D eigenvalue weighted by molar-refractivity contribution is 0.223. The average molecular weight is 410 g/mol. The zero-order chi connectivity index (χ0) is 21.5. The van der Waals surface area contributed by atoms with Gasteiger partial charge in [-0.2, -0.15) is 0 Å². The Morgan fingerprint density at radius 1 is 1.03 bits per heavy atom. The zero-order valence-electron chi connectivity index (χ0n) is 19.0. The largest absolute Gasteiger partial charge is 0.497 e. The van der Waals surface area contributed by atoms with Gasteiger partial charge < -0.3 is 18.9 Å². The third kappa shape index (κ3) is 5.54. The maximum absolute atomic E-state index is 6.02. The number of methoxy groups -OCH3 is 1. The van der Waals surface area contributed by atoms with Crippen LogP contribution in [0.3, 0.4) is 0 Å². The van der Waals surface area contributed by atoms with Crippen molar-refractivity contribution in [3.05, 3.63) is 53.9 Å². The predicted molar refractivity (Wildman–Crippen MR) is 124 cm³/mol. The van der Waals surface area contributed by atoms with E-state index in [-0.39, 0.29) is 0 Å². The van der Waals surface area contributed by atoms with E-state index in [0.29, 0.717) is 12.5 Å². The molecule has 1 heterocycles. The molecule has 162 valence electrons. The lowest BCUT2D eigenvalue weighted by Crippen LogP contribution is -2.27. The highest BCUT2D eigenvalue weighted by Crippen LogP contribution is 2.25. The molecule has 30 heavy (non-hydrogen) atoms. The van der Waals surface area contributed by atoms with Crippen molar-refractivity contribution in [2.24, 2.45) is 5.92 Å². The molecule has 3 aromatic rings. The van der Waals surface area contributed by atoms with Gasteiger partial charge in [-0.25, -0.2) is 4.98 Å². The number of likely N-dealkylation sites (N-methyl/N-ethyl adjacent to an activating group) is 1.